The highest BCUT2D eigenvalue weighted by molar-refractivity contribution is 8.00. The van der Waals surface area contributed by atoms with Crippen LogP contribution in [0.2, 0.25) is 0 Å². The van der Waals surface area contributed by atoms with Gasteiger partial charge in [0.2, 0.25) is 5.91 Å². The largest absolute Gasteiger partial charge is 0.361 e. The smallest absolute Gasteiger partial charge is 0.226 e. The molecule has 4 nitrogen and oxygen atoms in total. The van der Waals surface area contributed by atoms with Crippen LogP contribution < -0.4 is 5.32 Å². The van der Waals surface area contributed by atoms with Crippen molar-refractivity contribution >= 4 is 39.9 Å². The van der Waals surface area contributed by atoms with Gasteiger partial charge in [-0.05, 0) is 30.5 Å². The number of rotatable bonds is 8. The molecule has 2 heterocycles. The first-order chi connectivity index (χ1) is 14.2. The van der Waals surface area contributed by atoms with Gasteiger partial charge in [-0.25, -0.2) is 4.98 Å². The van der Waals surface area contributed by atoms with E-state index in [1.165, 1.54) is 22.1 Å². The summed E-state index contributed by atoms with van der Waals surface area (Å²) < 4.78 is 1.01. The van der Waals surface area contributed by atoms with Gasteiger partial charge in [0.15, 0.2) is 0 Å². The Morgan fingerprint density at radius 1 is 1.17 bits per heavy atom. The number of thiazole rings is 1. The molecule has 0 unspecified atom stereocenters. The Kier molecular flexibility index (Phi) is 6.32. The fourth-order valence-electron chi connectivity index (χ4n) is 3.17. The summed E-state index contributed by atoms with van der Waals surface area (Å²) in [6, 6.07) is 16.8. The lowest BCUT2D eigenvalue weighted by Gasteiger charge is -2.03. The fraction of sp³-hybridized carbons (Fsp3) is 0.217. The van der Waals surface area contributed by atoms with Crippen LogP contribution in [0.25, 0.3) is 10.9 Å². The zero-order valence-electron chi connectivity index (χ0n) is 16.3. The number of aromatic nitrogens is 2. The van der Waals surface area contributed by atoms with Gasteiger partial charge in [-0.3, -0.25) is 4.79 Å². The third-order valence-electron chi connectivity index (χ3n) is 4.75. The Balaban J connectivity index is 1.23. The van der Waals surface area contributed by atoms with E-state index in [1.54, 1.807) is 23.1 Å². The SMILES string of the molecule is Cc1ccc(CSc2nc(CC(=O)NCCc3c[nH]c4ccccc34)cs2)cc1. The van der Waals surface area contributed by atoms with E-state index in [0.29, 0.717) is 13.0 Å². The van der Waals surface area contributed by atoms with Crippen molar-refractivity contribution in [2.75, 3.05) is 6.54 Å². The van der Waals surface area contributed by atoms with Crippen molar-refractivity contribution in [2.24, 2.45) is 0 Å². The van der Waals surface area contributed by atoms with Gasteiger partial charge in [0.1, 0.15) is 4.34 Å². The van der Waals surface area contributed by atoms with Gasteiger partial charge in [0.25, 0.3) is 0 Å². The minimum absolute atomic E-state index is 0.0187. The minimum atomic E-state index is 0.0187. The Morgan fingerprint density at radius 3 is 2.86 bits per heavy atom. The van der Waals surface area contributed by atoms with Gasteiger partial charge >= 0.3 is 0 Å². The number of aryl methyl sites for hydroxylation is 1. The van der Waals surface area contributed by atoms with Crippen LogP contribution in [0.15, 0.2) is 64.4 Å². The third-order valence-corrected chi connectivity index (χ3v) is 6.89. The summed E-state index contributed by atoms with van der Waals surface area (Å²) in [7, 11) is 0. The lowest BCUT2D eigenvalue weighted by atomic mass is 10.1. The highest BCUT2D eigenvalue weighted by Crippen LogP contribution is 2.26. The third kappa shape index (κ3) is 5.28. The molecule has 0 aliphatic rings. The molecule has 0 saturated carbocycles. The molecule has 0 aliphatic carbocycles. The van der Waals surface area contributed by atoms with E-state index in [0.717, 1.165) is 27.7 Å². The van der Waals surface area contributed by atoms with Crippen LogP contribution >= 0.6 is 23.1 Å². The highest BCUT2D eigenvalue weighted by atomic mass is 32.2. The molecule has 0 fully saturated rings. The quantitative estimate of drug-likeness (QED) is 0.388. The van der Waals surface area contributed by atoms with Crippen LogP contribution in [0.4, 0.5) is 0 Å². The number of nitrogens with zero attached hydrogens (tertiary/aromatic N) is 1. The van der Waals surface area contributed by atoms with E-state index in [2.05, 4.69) is 58.6 Å². The van der Waals surface area contributed by atoms with Crippen LogP contribution in [-0.4, -0.2) is 22.4 Å². The molecule has 2 N–H and O–H groups in total. The molecule has 0 radical (unpaired) electrons. The Hall–Kier alpha value is -2.57. The number of hydrogen-bond donors (Lipinski definition) is 2. The Bertz CT molecular complexity index is 1100. The molecule has 4 rings (SSSR count). The van der Waals surface area contributed by atoms with E-state index < -0.39 is 0 Å². The van der Waals surface area contributed by atoms with Crippen molar-refractivity contribution < 1.29 is 4.79 Å². The number of thioether (sulfide) groups is 1. The zero-order chi connectivity index (χ0) is 20.1. The van der Waals surface area contributed by atoms with Crippen LogP contribution in [-0.2, 0) is 23.4 Å². The number of H-pyrrole nitrogens is 1. The zero-order valence-corrected chi connectivity index (χ0v) is 17.9. The predicted molar refractivity (Wildman–Crippen MR) is 122 cm³/mol. The second kappa shape index (κ2) is 9.29. The van der Waals surface area contributed by atoms with Gasteiger partial charge in [-0.2, -0.15) is 0 Å². The first-order valence-corrected chi connectivity index (χ1v) is 11.5. The molecule has 0 spiro atoms. The maximum absolute atomic E-state index is 12.3. The molecular formula is C23H23N3OS2. The van der Waals surface area contributed by atoms with Crippen LogP contribution in [0.1, 0.15) is 22.4 Å². The van der Waals surface area contributed by atoms with E-state index in [9.17, 15) is 4.79 Å². The van der Waals surface area contributed by atoms with Crippen molar-refractivity contribution in [3.8, 4) is 0 Å². The van der Waals surface area contributed by atoms with Crippen LogP contribution in [0.5, 0.6) is 0 Å². The minimum Gasteiger partial charge on any atom is -0.361 e. The van der Waals surface area contributed by atoms with Crippen LogP contribution in [0, 0.1) is 6.92 Å². The Morgan fingerprint density at radius 2 is 2.00 bits per heavy atom. The summed E-state index contributed by atoms with van der Waals surface area (Å²) in [5.41, 5.74) is 5.75. The number of aromatic amines is 1. The topological polar surface area (TPSA) is 57.8 Å². The predicted octanol–water partition coefficient (Wildman–Crippen LogP) is 5.13. The molecule has 0 aliphatic heterocycles. The van der Waals surface area contributed by atoms with Gasteiger partial charge in [-0.15, -0.1) is 11.3 Å². The monoisotopic (exact) mass is 421 g/mol. The lowest BCUT2D eigenvalue weighted by Crippen LogP contribution is -2.27. The van der Waals surface area contributed by atoms with Crippen molar-refractivity contribution in [2.45, 2.75) is 29.9 Å². The maximum Gasteiger partial charge on any atom is 0.226 e. The number of para-hydroxylation sites is 1. The van der Waals surface area contributed by atoms with Gasteiger partial charge in [-0.1, -0.05) is 59.8 Å². The molecule has 4 aromatic rings. The summed E-state index contributed by atoms with van der Waals surface area (Å²) in [4.78, 5) is 20.1. The summed E-state index contributed by atoms with van der Waals surface area (Å²) in [5.74, 6) is 0.912. The number of hydrogen-bond acceptors (Lipinski definition) is 4. The van der Waals surface area contributed by atoms with E-state index in [1.807, 2.05) is 23.7 Å². The number of amides is 1. The van der Waals surface area contributed by atoms with Crippen molar-refractivity contribution in [1.29, 1.82) is 0 Å². The second-order valence-electron chi connectivity index (χ2n) is 7.02. The highest BCUT2D eigenvalue weighted by Gasteiger charge is 2.09. The number of carbonyl (C=O) groups is 1. The molecule has 29 heavy (non-hydrogen) atoms. The van der Waals surface area contributed by atoms with Crippen LogP contribution in [0.3, 0.4) is 0 Å². The summed E-state index contributed by atoms with van der Waals surface area (Å²) in [6.07, 6.45) is 3.16. The number of fused-ring (bicyclic) bond motifs is 1. The van der Waals surface area contributed by atoms with E-state index in [-0.39, 0.29) is 5.91 Å². The molecule has 6 heteroatoms. The fourth-order valence-corrected chi connectivity index (χ4v) is 4.97. The molecule has 2 aromatic carbocycles. The molecular weight excluding hydrogens is 398 g/mol. The average Bonchev–Trinajstić information content (AvgIpc) is 3.35. The molecule has 0 atom stereocenters. The Labute approximate surface area is 178 Å². The summed E-state index contributed by atoms with van der Waals surface area (Å²) in [5, 5.41) is 6.21. The molecule has 2 aromatic heterocycles. The first-order valence-electron chi connectivity index (χ1n) is 9.62. The van der Waals surface area contributed by atoms with Gasteiger partial charge < -0.3 is 10.3 Å². The molecule has 0 saturated heterocycles. The van der Waals surface area contributed by atoms with Gasteiger partial charge in [0.05, 0.1) is 12.1 Å². The number of benzene rings is 2. The summed E-state index contributed by atoms with van der Waals surface area (Å²) >= 11 is 3.32. The van der Waals surface area contributed by atoms with Crippen molar-refractivity contribution in [3.63, 3.8) is 0 Å². The number of carbonyl (C=O) groups excluding carboxylic acids is 1. The second-order valence-corrected chi connectivity index (χ2v) is 9.10. The molecule has 0 bridgehead atoms. The van der Waals surface area contributed by atoms with Crippen molar-refractivity contribution in [3.05, 3.63) is 82.5 Å². The average molecular weight is 422 g/mol. The van der Waals surface area contributed by atoms with Gasteiger partial charge in [0, 0.05) is 34.8 Å². The normalized spacial score (nSPS) is 11.1. The standard InChI is InChI=1S/C23H23N3OS2/c1-16-6-8-17(9-7-16)14-28-23-26-19(15-29-23)12-22(27)24-11-10-18-13-25-21-5-3-2-4-20(18)21/h2-9,13,15,25H,10-12,14H2,1H3,(H,24,27). The number of nitrogens with one attached hydrogen (secondary N) is 2. The lowest BCUT2D eigenvalue weighted by molar-refractivity contribution is -0.120. The first kappa shape index (κ1) is 19.7. The van der Waals surface area contributed by atoms with E-state index in [4.69, 9.17) is 0 Å². The summed E-state index contributed by atoms with van der Waals surface area (Å²) in [6.45, 7) is 2.72. The maximum atomic E-state index is 12.3. The molecule has 148 valence electrons. The van der Waals surface area contributed by atoms with E-state index >= 15 is 0 Å². The molecule has 1 amide bonds. The van der Waals surface area contributed by atoms with Crippen molar-refractivity contribution in [1.82, 2.24) is 15.3 Å².